The lowest BCUT2D eigenvalue weighted by molar-refractivity contribution is -0.121. The Hall–Kier alpha value is -2.37. The van der Waals surface area contributed by atoms with Crippen LogP contribution >= 0.6 is 0 Å². The number of carbonyl (C=O) groups excluding carboxylic acids is 1. The van der Waals surface area contributed by atoms with E-state index in [1.54, 1.807) is 7.11 Å². The number of amides is 1. The van der Waals surface area contributed by atoms with Gasteiger partial charge in [0, 0.05) is 13.0 Å². The third-order valence-electron chi connectivity index (χ3n) is 3.81. The Bertz CT molecular complexity index is 639. The molecule has 1 N–H and O–H groups in total. The number of aromatic nitrogens is 3. The van der Waals surface area contributed by atoms with E-state index < -0.39 is 0 Å². The van der Waals surface area contributed by atoms with Crippen LogP contribution in [-0.2, 0) is 17.8 Å². The Labute approximate surface area is 136 Å². The number of nitrogens with zero attached hydrogens (tertiary/aromatic N) is 3. The lowest BCUT2D eigenvalue weighted by Gasteiger charge is -2.17. The molecule has 0 bridgehead atoms. The van der Waals surface area contributed by atoms with Gasteiger partial charge in [-0.25, -0.2) is 9.67 Å². The Morgan fingerprint density at radius 1 is 1.35 bits per heavy atom. The Morgan fingerprint density at radius 2 is 2.13 bits per heavy atom. The van der Waals surface area contributed by atoms with Gasteiger partial charge in [-0.05, 0) is 31.4 Å². The first-order valence-electron chi connectivity index (χ1n) is 7.98. The van der Waals surface area contributed by atoms with E-state index in [2.05, 4.69) is 15.4 Å². The van der Waals surface area contributed by atoms with E-state index in [-0.39, 0.29) is 11.9 Å². The van der Waals surface area contributed by atoms with Crippen LogP contribution in [0, 0.1) is 0 Å². The maximum Gasteiger partial charge on any atom is 0.220 e. The van der Waals surface area contributed by atoms with E-state index >= 15 is 0 Å². The summed E-state index contributed by atoms with van der Waals surface area (Å²) in [5.41, 5.74) is 1.04. The summed E-state index contributed by atoms with van der Waals surface area (Å²) >= 11 is 0. The van der Waals surface area contributed by atoms with Crippen LogP contribution in [0.25, 0.3) is 0 Å². The molecule has 0 saturated heterocycles. The van der Waals surface area contributed by atoms with Gasteiger partial charge in [0.25, 0.3) is 0 Å². The van der Waals surface area contributed by atoms with Crippen LogP contribution < -0.4 is 10.1 Å². The monoisotopic (exact) mass is 316 g/mol. The molecule has 0 saturated carbocycles. The predicted molar refractivity (Wildman–Crippen MR) is 88.2 cm³/mol. The lowest BCUT2D eigenvalue weighted by atomic mass is 10.1. The predicted octanol–water partition coefficient (Wildman–Crippen LogP) is 2.51. The zero-order valence-corrected chi connectivity index (χ0v) is 14.0. The molecule has 124 valence electrons. The van der Waals surface area contributed by atoms with E-state index in [0.717, 1.165) is 30.1 Å². The molecule has 0 radical (unpaired) electrons. The van der Waals surface area contributed by atoms with Gasteiger partial charge in [0.05, 0.1) is 13.2 Å². The quantitative estimate of drug-likeness (QED) is 0.812. The molecule has 1 heterocycles. The number of aryl methyl sites for hydroxylation is 2. The van der Waals surface area contributed by atoms with Crippen LogP contribution in [0.4, 0.5) is 0 Å². The van der Waals surface area contributed by atoms with Crippen molar-refractivity contribution in [2.75, 3.05) is 7.11 Å². The highest BCUT2D eigenvalue weighted by Crippen LogP contribution is 2.19. The van der Waals surface area contributed by atoms with Crippen LogP contribution in [0.3, 0.4) is 0 Å². The molecule has 2 aromatic rings. The van der Waals surface area contributed by atoms with E-state index in [9.17, 15) is 4.79 Å². The Balaban J connectivity index is 1.95. The summed E-state index contributed by atoms with van der Waals surface area (Å²) in [6, 6.07) is 7.66. The summed E-state index contributed by atoms with van der Waals surface area (Å²) in [6.07, 6.45) is 3.37. The maximum absolute atomic E-state index is 12.3. The number of nitrogens with one attached hydrogen (secondary N) is 1. The van der Waals surface area contributed by atoms with Crippen LogP contribution in [0.1, 0.15) is 44.1 Å². The zero-order chi connectivity index (χ0) is 16.7. The zero-order valence-electron chi connectivity index (χ0n) is 14.0. The molecule has 0 aliphatic rings. The number of para-hydroxylation sites is 1. The minimum Gasteiger partial charge on any atom is -0.496 e. The van der Waals surface area contributed by atoms with Gasteiger partial charge in [0.15, 0.2) is 0 Å². The van der Waals surface area contributed by atoms with Crippen molar-refractivity contribution in [2.45, 2.75) is 45.7 Å². The summed E-state index contributed by atoms with van der Waals surface area (Å²) in [4.78, 5) is 16.5. The van der Waals surface area contributed by atoms with Gasteiger partial charge in [-0.15, -0.1) is 0 Å². The van der Waals surface area contributed by atoms with Gasteiger partial charge in [0.2, 0.25) is 5.91 Å². The molecule has 1 aromatic heterocycles. The van der Waals surface area contributed by atoms with E-state index in [0.29, 0.717) is 12.8 Å². The molecule has 1 amide bonds. The van der Waals surface area contributed by atoms with Crippen molar-refractivity contribution < 1.29 is 9.53 Å². The van der Waals surface area contributed by atoms with Crippen LogP contribution in [-0.4, -0.2) is 27.8 Å². The van der Waals surface area contributed by atoms with E-state index in [1.165, 1.54) is 6.33 Å². The number of benzene rings is 1. The highest BCUT2D eigenvalue weighted by molar-refractivity contribution is 5.76. The molecule has 23 heavy (non-hydrogen) atoms. The fourth-order valence-electron chi connectivity index (χ4n) is 2.56. The van der Waals surface area contributed by atoms with E-state index in [4.69, 9.17) is 4.74 Å². The Kier molecular flexibility index (Phi) is 6.14. The minimum atomic E-state index is -0.109. The molecule has 0 fully saturated rings. The summed E-state index contributed by atoms with van der Waals surface area (Å²) in [7, 11) is 1.64. The molecule has 1 aromatic carbocycles. The standard InChI is InChI=1S/C17H24N4O2/c1-4-14(17-18-12-19-21(17)5-2)20-16(22)11-10-13-8-6-7-9-15(13)23-3/h6-9,12,14H,4-5,10-11H2,1-3H3,(H,20,22)/t14-/m1/s1. The molecule has 0 unspecified atom stereocenters. The molecular formula is C17H24N4O2. The number of rotatable bonds is 8. The van der Waals surface area contributed by atoms with E-state index in [1.807, 2.05) is 42.8 Å². The summed E-state index contributed by atoms with van der Waals surface area (Å²) in [5, 5.41) is 7.21. The van der Waals surface area contributed by atoms with Crippen molar-refractivity contribution in [1.29, 1.82) is 0 Å². The van der Waals surface area contributed by atoms with Gasteiger partial charge in [0.1, 0.15) is 17.9 Å². The first-order valence-corrected chi connectivity index (χ1v) is 7.98. The highest BCUT2D eigenvalue weighted by atomic mass is 16.5. The van der Waals surface area contributed by atoms with Crippen LogP contribution in [0.15, 0.2) is 30.6 Å². The molecule has 2 rings (SSSR count). The number of ether oxygens (including phenoxy) is 1. The first-order chi connectivity index (χ1) is 11.2. The number of hydrogen-bond donors (Lipinski definition) is 1. The van der Waals surface area contributed by atoms with Crippen molar-refractivity contribution in [3.05, 3.63) is 42.0 Å². The fraction of sp³-hybridized carbons (Fsp3) is 0.471. The molecule has 6 heteroatoms. The van der Waals surface area contributed by atoms with Gasteiger partial charge < -0.3 is 10.1 Å². The Morgan fingerprint density at radius 3 is 2.83 bits per heavy atom. The van der Waals surface area contributed by atoms with Gasteiger partial charge in [-0.3, -0.25) is 4.79 Å². The van der Waals surface area contributed by atoms with Gasteiger partial charge in [-0.2, -0.15) is 5.10 Å². The SMILES string of the molecule is CC[C@@H](NC(=O)CCc1ccccc1OC)c1ncnn1CC. The van der Waals surface area contributed by atoms with Crippen molar-refractivity contribution in [2.24, 2.45) is 0 Å². The second kappa shape index (κ2) is 8.31. The largest absolute Gasteiger partial charge is 0.496 e. The molecule has 1 atom stereocenters. The van der Waals surface area contributed by atoms with Gasteiger partial charge >= 0.3 is 0 Å². The average Bonchev–Trinajstić information content (AvgIpc) is 3.06. The molecule has 0 aliphatic heterocycles. The van der Waals surface area contributed by atoms with Crippen molar-refractivity contribution in [3.63, 3.8) is 0 Å². The third kappa shape index (κ3) is 4.31. The normalized spacial score (nSPS) is 12.0. The second-order valence-corrected chi connectivity index (χ2v) is 5.27. The molecular weight excluding hydrogens is 292 g/mol. The molecule has 6 nitrogen and oxygen atoms in total. The highest BCUT2D eigenvalue weighted by Gasteiger charge is 2.18. The third-order valence-corrected chi connectivity index (χ3v) is 3.81. The maximum atomic E-state index is 12.3. The summed E-state index contributed by atoms with van der Waals surface area (Å²) in [6.45, 7) is 4.77. The first kappa shape index (κ1) is 17.0. The second-order valence-electron chi connectivity index (χ2n) is 5.27. The lowest BCUT2D eigenvalue weighted by Crippen LogP contribution is -2.30. The summed E-state index contributed by atoms with van der Waals surface area (Å²) < 4.78 is 7.13. The van der Waals surface area contributed by atoms with Crippen LogP contribution in [0.5, 0.6) is 5.75 Å². The number of hydrogen-bond acceptors (Lipinski definition) is 4. The molecule has 0 spiro atoms. The average molecular weight is 316 g/mol. The fourth-order valence-corrected chi connectivity index (χ4v) is 2.56. The summed E-state index contributed by atoms with van der Waals surface area (Å²) in [5.74, 6) is 1.63. The van der Waals surface area contributed by atoms with Crippen molar-refractivity contribution >= 4 is 5.91 Å². The smallest absolute Gasteiger partial charge is 0.220 e. The van der Waals surface area contributed by atoms with Crippen molar-refractivity contribution in [3.8, 4) is 5.75 Å². The van der Waals surface area contributed by atoms with Crippen LogP contribution in [0.2, 0.25) is 0 Å². The number of methoxy groups -OCH3 is 1. The topological polar surface area (TPSA) is 69.0 Å². The minimum absolute atomic E-state index is 0.00779. The van der Waals surface area contributed by atoms with Gasteiger partial charge in [-0.1, -0.05) is 25.1 Å². The molecule has 0 aliphatic carbocycles. The van der Waals surface area contributed by atoms with Crippen molar-refractivity contribution in [1.82, 2.24) is 20.1 Å². The number of carbonyl (C=O) groups is 1.